The lowest BCUT2D eigenvalue weighted by molar-refractivity contribution is -0.169. The van der Waals surface area contributed by atoms with Crippen molar-refractivity contribution >= 4 is 12.0 Å². The molecule has 3 nitrogen and oxygen atoms in total. The van der Waals surface area contributed by atoms with E-state index in [-0.39, 0.29) is 29.5 Å². The average molecular weight is 369 g/mol. The molecule has 2 saturated carbocycles. The highest BCUT2D eigenvalue weighted by Crippen LogP contribution is 2.55. The van der Waals surface area contributed by atoms with Gasteiger partial charge in [-0.15, -0.1) is 0 Å². The Hall–Kier alpha value is -1.87. The van der Waals surface area contributed by atoms with E-state index < -0.39 is 0 Å². The molecule has 0 saturated heterocycles. The van der Waals surface area contributed by atoms with Crippen LogP contribution in [0.5, 0.6) is 0 Å². The second-order valence-corrected chi connectivity index (χ2v) is 8.79. The summed E-state index contributed by atoms with van der Waals surface area (Å²) in [5, 5.41) is 10.7. The lowest BCUT2D eigenvalue weighted by Gasteiger charge is -2.55. The molecular formula is C24H32O3. The molecule has 2 fully saturated rings. The number of fused-ring (bicyclic) bond motifs is 1. The van der Waals surface area contributed by atoms with Crippen LogP contribution in [0.3, 0.4) is 0 Å². The molecular weight excluding hydrogens is 336 g/mol. The first-order chi connectivity index (χ1) is 12.8. The first kappa shape index (κ1) is 19.9. The zero-order valence-corrected chi connectivity index (χ0v) is 16.7. The van der Waals surface area contributed by atoms with Crippen LogP contribution >= 0.6 is 0 Å². The number of carbonyl (C=O) groups is 1. The number of carbonyl (C=O) groups excluding carboxylic acids is 1. The number of aliphatic hydroxyl groups is 1. The van der Waals surface area contributed by atoms with Gasteiger partial charge in [-0.25, -0.2) is 4.79 Å². The predicted molar refractivity (Wildman–Crippen MR) is 109 cm³/mol. The third-order valence-corrected chi connectivity index (χ3v) is 6.74. The summed E-state index contributed by atoms with van der Waals surface area (Å²) in [5.41, 5.74) is 1.84. The van der Waals surface area contributed by atoms with E-state index in [2.05, 4.69) is 27.4 Å². The fourth-order valence-electron chi connectivity index (χ4n) is 5.07. The number of esters is 1. The minimum atomic E-state index is -0.359. The largest absolute Gasteiger partial charge is 0.458 e. The van der Waals surface area contributed by atoms with Gasteiger partial charge in [-0.1, -0.05) is 63.3 Å². The van der Waals surface area contributed by atoms with Gasteiger partial charge >= 0.3 is 5.97 Å². The molecule has 3 heteroatoms. The molecule has 1 aromatic carbocycles. The van der Waals surface area contributed by atoms with Crippen LogP contribution < -0.4 is 0 Å². The van der Waals surface area contributed by atoms with Crippen LogP contribution in [0.1, 0.15) is 52.0 Å². The fraction of sp³-hybridized carbons (Fsp3) is 0.542. The van der Waals surface area contributed by atoms with Crippen molar-refractivity contribution in [3.8, 4) is 0 Å². The van der Waals surface area contributed by atoms with E-state index >= 15 is 0 Å². The van der Waals surface area contributed by atoms with Crippen molar-refractivity contribution in [2.24, 2.45) is 23.2 Å². The van der Waals surface area contributed by atoms with Gasteiger partial charge in [0, 0.05) is 17.4 Å². The maximum atomic E-state index is 12.6. The van der Waals surface area contributed by atoms with E-state index in [4.69, 9.17) is 4.74 Å². The van der Waals surface area contributed by atoms with Gasteiger partial charge < -0.3 is 9.84 Å². The lowest BCUT2D eigenvalue weighted by Crippen LogP contribution is -2.55. The number of hydrogen-bond acceptors (Lipinski definition) is 3. The minimum Gasteiger partial charge on any atom is -0.458 e. The Balaban J connectivity index is 1.83. The fourth-order valence-corrected chi connectivity index (χ4v) is 5.07. The van der Waals surface area contributed by atoms with Crippen LogP contribution in [0.15, 0.2) is 48.6 Å². The van der Waals surface area contributed by atoms with Gasteiger partial charge in [0.2, 0.25) is 0 Å². The highest BCUT2D eigenvalue weighted by molar-refractivity contribution is 5.87. The van der Waals surface area contributed by atoms with Crippen molar-refractivity contribution in [1.82, 2.24) is 0 Å². The standard InChI is InChI=1S/C24H32O3/c1-16(2)19-14-15-24(4)20(25)12-10-17(3)22(24)23(19)27-21(26)13-11-18-8-6-5-7-9-18/h5-9,11,13,16,19-20,22-23,25H,3,10,12,14-15H2,1-2,4H3. The first-order valence-electron chi connectivity index (χ1n) is 10.1. The normalized spacial score (nSPS) is 33.9. The number of benzene rings is 1. The van der Waals surface area contributed by atoms with E-state index in [0.717, 1.165) is 36.8 Å². The van der Waals surface area contributed by atoms with Crippen molar-refractivity contribution in [2.45, 2.75) is 58.7 Å². The van der Waals surface area contributed by atoms with Crippen LogP contribution in [0, 0.1) is 23.2 Å². The Bertz CT molecular complexity index is 706. The van der Waals surface area contributed by atoms with Crippen molar-refractivity contribution in [1.29, 1.82) is 0 Å². The maximum absolute atomic E-state index is 12.6. The summed E-state index contributed by atoms with van der Waals surface area (Å²) < 4.78 is 6.04. The summed E-state index contributed by atoms with van der Waals surface area (Å²) in [6, 6.07) is 9.75. The molecule has 0 bridgehead atoms. The third kappa shape index (κ3) is 4.03. The second kappa shape index (κ2) is 8.02. The summed E-state index contributed by atoms with van der Waals surface area (Å²) in [4.78, 5) is 12.6. The molecule has 0 heterocycles. The van der Waals surface area contributed by atoms with Crippen molar-refractivity contribution in [2.75, 3.05) is 0 Å². The van der Waals surface area contributed by atoms with Crippen LogP contribution in [0.4, 0.5) is 0 Å². The van der Waals surface area contributed by atoms with Crippen molar-refractivity contribution in [3.63, 3.8) is 0 Å². The number of aliphatic hydroxyl groups excluding tert-OH is 1. The molecule has 1 aromatic rings. The Morgan fingerprint density at radius 2 is 2.00 bits per heavy atom. The minimum absolute atomic E-state index is 0.0245. The Kier molecular flexibility index (Phi) is 5.90. The lowest BCUT2D eigenvalue weighted by atomic mass is 9.53. The molecule has 27 heavy (non-hydrogen) atoms. The zero-order valence-electron chi connectivity index (χ0n) is 16.7. The van der Waals surface area contributed by atoms with Gasteiger partial charge in [0.15, 0.2) is 0 Å². The number of rotatable bonds is 4. The zero-order chi connectivity index (χ0) is 19.6. The average Bonchev–Trinajstić information content (AvgIpc) is 2.64. The van der Waals surface area contributed by atoms with Gasteiger partial charge in [0.1, 0.15) is 6.10 Å². The maximum Gasteiger partial charge on any atom is 0.331 e. The smallest absolute Gasteiger partial charge is 0.331 e. The summed E-state index contributed by atoms with van der Waals surface area (Å²) in [7, 11) is 0. The Morgan fingerprint density at radius 3 is 2.67 bits per heavy atom. The molecule has 0 aromatic heterocycles. The van der Waals surface area contributed by atoms with Gasteiger partial charge in [0.05, 0.1) is 6.10 Å². The van der Waals surface area contributed by atoms with Crippen LogP contribution in [-0.4, -0.2) is 23.3 Å². The molecule has 3 rings (SSSR count). The topological polar surface area (TPSA) is 46.5 Å². The molecule has 2 aliphatic carbocycles. The monoisotopic (exact) mass is 368 g/mol. The number of ether oxygens (including phenoxy) is 1. The van der Waals surface area contributed by atoms with E-state index in [1.165, 1.54) is 6.08 Å². The Morgan fingerprint density at radius 1 is 1.30 bits per heavy atom. The molecule has 0 aliphatic heterocycles. The van der Waals surface area contributed by atoms with E-state index in [1.807, 2.05) is 30.3 Å². The third-order valence-electron chi connectivity index (χ3n) is 6.74. The molecule has 146 valence electrons. The van der Waals surface area contributed by atoms with Crippen LogP contribution in [0.25, 0.3) is 6.08 Å². The van der Waals surface area contributed by atoms with Gasteiger partial charge in [-0.05, 0) is 49.2 Å². The van der Waals surface area contributed by atoms with Crippen LogP contribution in [0.2, 0.25) is 0 Å². The van der Waals surface area contributed by atoms with Crippen molar-refractivity contribution < 1.29 is 14.6 Å². The highest BCUT2D eigenvalue weighted by Gasteiger charge is 2.54. The molecule has 0 amide bonds. The molecule has 5 unspecified atom stereocenters. The van der Waals surface area contributed by atoms with Gasteiger partial charge in [-0.3, -0.25) is 0 Å². The quantitative estimate of drug-likeness (QED) is 0.461. The second-order valence-electron chi connectivity index (χ2n) is 8.79. The van der Waals surface area contributed by atoms with Gasteiger partial charge in [0.25, 0.3) is 0 Å². The number of hydrogen-bond donors (Lipinski definition) is 1. The Labute approximate surface area is 163 Å². The summed E-state index contributed by atoms with van der Waals surface area (Å²) in [6.07, 6.45) is 6.21. The molecule has 0 spiro atoms. The summed E-state index contributed by atoms with van der Waals surface area (Å²) in [5.74, 6) is 0.416. The molecule has 0 radical (unpaired) electrons. The molecule has 2 aliphatic rings. The van der Waals surface area contributed by atoms with Crippen LogP contribution in [-0.2, 0) is 9.53 Å². The van der Waals surface area contributed by atoms with Crippen molar-refractivity contribution in [3.05, 3.63) is 54.1 Å². The van der Waals surface area contributed by atoms with E-state index in [0.29, 0.717) is 11.8 Å². The summed E-state index contributed by atoms with van der Waals surface area (Å²) >= 11 is 0. The van der Waals surface area contributed by atoms with E-state index in [9.17, 15) is 9.90 Å². The SMILES string of the molecule is C=C1CCC(O)C2(C)CCC(C(C)C)C(OC(=O)C=Cc3ccccc3)C12. The first-order valence-corrected chi connectivity index (χ1v) is 10.1. The van der Waals surface area contributed by atoms with E-state index in [1.54, 1.807) is 6.08 Å². The summed E-state index contributed by atoms with van der Waals surface area (Å²) in [6.45, 7) is 10.8. The predicted octanol–water partition coefficient (Wildman–Crippen LogP) is 5.01. The molecule has 1 N–H and O–H groups in total. The highest BCUT2D eigenvalue weighted by atomic mass is 16.5. The molecule has 5 atom stereocenters. The van der Waals surface area contributed by atoms with Gasteiger partial charge in [-0.2, -0.15) is 0 Å².